The molecule has 0 aromatic heterocycles. The molecule has 1 aliphatic carbocycles. The van der Waals surface area contributed by atoms with E-state index in [-0.39, 0.29) is 49.7 Å². The summed E-state index contributed by atoms with van der Waals surface area (Å²) in [6.45, 7) is 1.69. The number of hydrogen-bond donors (Lipinski definition) is 2. The van der Waals surface area contributed by atoms with Crippen LogP contribution in [0.15, 0.2) is 0 Å². The van der Waals surface area contributed by atoms with E-state index in [9.17, 15) is 18.0 Å². The fourth-order valence-corrected chi connectivity index (χ4v) is 2.20. The number of rotatable bonds is 3. The van der Waals surface area contributed by atoms with Gasteiger partial charge >= 0.3 is 6.18 Å². The van der Waals surface area contributed by atoms with Crippen LogP contribution in [0.5, 0.6) is 0 Å². The number of hydrogen-bond acceptors (Lipinski definition) is 2. The average Bonchev–Trinajstić information content (AvgIpc) is 2.15. The van der Waals surface area contributed by atoms with Crippen LogP contribution in [0.1, 0.15) is 39.0 Å². The minimum atomic E-state index is -4.15. The first-order valence-electron chi connectivity index (χ1n) is 5.90. The van der Waals surface area contributed by atoms with Crippen LogP contribution >= 0.6 is 12.4 Å². The summed E-state index contributed by atoms with van der Waals surface area (Å²) in [6.07, 6.45) is -2.69. The fourth-order valence-electron chi connectivity index (χ4n) is 2.20. The highest BCUT2D eigenvalue weighted by Gasteiger charge is 2.42. The second-order valence-electron chi connectivity index (χ2n) is 4.85. The van der Waals surface area contributed by atoms with Crippen molar-refractivity contribution in [1.29, 1.82) is 0 Å². The van der Waals surface area contributed by atoms with Gasteiger partial charge in [-0.2, -0.15) is 13.2 Å². The highest BCUT2D eigenvalue weighted by molar-refractivity contribution is 5.85. The lowest BCUT2D eigenvalue weighted by Gasteiger charge is -2.31. The molecule has 0 aliphatic heterocycles. The molecular formula is C11H20ClF3N2O. The van der Waals surface area contributed by atoms with E-state index in [1.165, 1.54) is 0 Å². The van der Waals surface area contributed by atoms with Gasteiger partial charge in [0, 0.05) is 18.5 Å². The van der Waals surface area contributed by atoms with Crippen LogP contribution < -0.4 is 11.1 Å². The number of carbonyl (C=O) groups excluding carboxylic acids is 1. The molecule has 3 N–H and O–H groups in total. The number of amides is 1. The van der Waals surface area contributed by atoms with Gasteiger partial charge in [-0.15, -0.1) is 12.4 Å². The summed E-state index contributed by atoms with van der Waals surface area (Å²) in [5.74, 6) is -1.54. The Morgan fingerprint density at radius 1 is 1.44 bits per heavy atom. The summed E-state index contributed by atoms with van der Waals surface area (Å²) in [7, 11) is 0. The number of nitrogens with two attached hydrogens (primary N) is 1. The lowest BCUT2D eigenvalue weighted by atomic mass is 9.85. The number of alkyl halides is 3. The molecular weight excluding hydrogens is 269 g/mol. The predicted molar refractivity (Wildman–Crippen MR) is 65.5 cm³/mol. The molecule has 0 radical (unpaired) electrons. The first-order chi connectivity index (χ1) is 7.79. The zero-order valence-electron chi connectivity index (χ0n) is 10.3. The lowest BCUT2D eigenvalue weighted by Crippen LogP contribution is -2.42. The van der Waals surface area contributed by atoms with Crippen LogP contribution in [0.3, 0.4) is 0 Å². The topological polar surface area (TPSA) is 55.1 Å². The summed E-state index contributed by atoms with van der Waals surface area (Å²) in [5, 5.41) is 2.63. The molecule has 1 amide bonds. The van der Waals surface area contributed by atoms with E-state index in [2.05, 4.69) is 5.32 Å². The molecule has 3 unspecified atom stereocenters. The van der Waals surface area contributed by atoms with Crippen molar-refractivity contribution in [2.24, 2.45) is 11.7 Å². The number of halogens is 4. The summed E-state index contributed by atoms with van der Waals surface area (Å²) in [5.41, 5.74) is 5.45. The molecule has 3 atom stereocenters. The van der Waals surface area contributed by atoms with E-state index in [1.54, 1.807) is 6.92 Å². The largest absolute Gasteiger partial charge is 0.391 e. The van der Waals surface area contributed by atoms with Crippen molar-refractivity contribution >= 4 is 18.3 Å². The van der Waals surface area contributed by atoms with Crippen LogP contribution in [0.25, 0.3) is 0 Å². The van der Waals surface area contributed by atoms with Crippen molar-refractivity contribution in [3.8, 4) is 0 Å². The van der Waals surface area contributed by atoms with Crippen molar-refractivity contribution in [3.63, 3.8) is 0 Å². The van der Waals surface area contributed by atoms with Gasteiger partial charge in [0.25, 0.3) is 0 Å². The Morgan fingerprint density at radius 2 is 2.06 bits per heavy atom. The quantitative estimate of drug-likeness (QED) is 0.838. The Kier molecular flexibility index (Phi) is 6.99. The molecule has 3 nitrogen and oxygen atoms in total. The van der Waals surface area contributed by atoms with Crippen LogP contribution in [-0.2, 0) is 4.79 Å². The minimum absolute atomic E-state index is 0. The van der Waals surface area contributed by atoms with E-state index in [4.69, 9.17) is 5.73 Å². The van der Waals surface area contributed by atoms with Crippen LogP contribution in [0.4, 0.5) is 13.2 Å². The molecule has 0 bridgehead atoms. The van der Waals surface area contributed by atoms with Crippen molar-refractivity contribution in [3.05, 3.63) is 0 Å². The smallest absolute Gasteiger partial charge is 0.353 e. The van der Waals surface area contributed by atoms with Crippen LogP contribution in [0.2, 0.25) is 0 Å². The lowest BCUT2D eigenvalue weighted by molar-refractivity contribution is -0.184. The average molecular weight is 289 g/mol. The Labute approximate surface area is 111 Å². The maximum absolute atomic E-state index is 12.5. The Hall–Kier alpha value is -0.490. The summed E-state index contributed by atoms with van der Waals surface area (Å²) in [4.78, 5) is 11.4. The summed E-state index contributed by atoms with van der Waals surface area (Å²) in [6, 6.07) is -0.626. The highest BCUT2D eigenvalue weighted by atomic mass is 35.5. The SMILES string of the molecule is CC(N)CC(=O)NC1CCCC(C(F)(F)F)C1.Cl. The molecule has 0 aromatic rings. The molecule has 0 aromatic carbocycles. The standard InChI is InChI=1S/C11H19F3N2O.ClH/c1-7(15)5-10(17)16-9-4-2-3-8(6-9)11(12,13)14;/h7-9H,2-6,15H2,1H3,(H,16,17);1H. The molecule has 1 saturated carbocycles. The molecule has 1 fully saturated rings. The van der Waals surface area contributed by atoms with Gasteiger partial charge in [0.05, 0.1) is 5.92 Å². The van der Waals surface area contributed by atoms with Gasteiger partial charge in [0.15, 0.2) is 0 Å². The van der Waals surface area contributed by atoms with Gasteiger partial charge in [0.1, 0.15) is 0 Å². The number of nitrogens with one attached hydrogen (secondary N) is 1. The molecule has 108 valence electrons. The molecule has 7 heteroatoms. The van der Waals surface area contributed by atoms with Crippen molar-refractivity contribution < 1.29 is 18.0 Å². The molecule has 0 saturated heterocycles. The Bertz CT molecular complexity index is 272. The monoisotopic (exact) mass is 288 g/mol. The predicted octanol–water partition coefficient (Wildman–Crippen LogP) is 2.38. The summed E-state index contributed by atoms with van der Waals surface area (Å²) >= 11 is 0. The van der Waals surface area contributed by atoms with E-state index < -0.39 is 12.1 Å². The zero-order chi connectivity index (χ0) is 13.1. The normalized spacial score (nSPS) is 26.1. The third-order valence-electron chi connectivity index (χ3n) is 3.01. The molecule has 0 heterocycles. The highest BCUT2D eigenvalue weighted by Crippen LogP contribution is 2.37. The zero-order valence-corrected chi connectivity index (χ0v) is 11.1. The summed E-state index contributed by atoms with van der Waals surface area (Å²) < 4.78 is 37.6. The molecule has 1 aliphatic rings. The van der Waals surface area contributed by atoms with Gasteiger partial charge in [-0.3, -0.25) is 4.79 Å². The van der Waals surface area contributed by atoms with Crippen molar-refractivity contribution in [2.75, 3.05) is 0 Å². The van der Waals surface area contributed by atoms with Gasteiger partial charge < -0.3 is 11.1 Å². The minimum Gasteiger partial charge on any atom is -0.353 e. The van der Waals surface area contributed by atoms with Crippen LogP contribution in [-0.4, -0.2) is 24.2 Å². The number of carbonyl (C=O) groups is 1. The van der Waals surface area contributed by atoms with Gasteiger partial charge in [-0.25, -0.2) is 0 Å². The molecule has 18 heavy (non-hydrogen) atoms. The first kappa shape index (κ1) is 17.5. The van der Waals surface area contributed by atoms with Crippen molar-refractivity contribution in [2.45, 2.75) is 57.3 Å². The first-order valence-corrected chi connectivity index (χ1v) is 5.90. The van der Waals surface area contributed by atoms with E-state index in [1.807, 2.05) is 0 Å². The van der Waals surface area contributed by atoms with Crippen molar-refractivity contribution in [1.82, 2.24) is 5.32 Å². The third kappa shape index (κ3) is 5.91. The van der Waals surface area contributed by atoms with E-state index >= 15 is 0 Å². The Balaban J connectivity index is 0.00000289. The Morgan fingerprint density at radius 3 is 2.56 bits per heavy atom. The van der Waals surface area contributed by atoms with E-state index in [0.29, 0.717) is 12.8 Å². The third-order valence-corrected chi connectivity index (χ3v) is 3.01. The molecule has 1 rings (SSSR count). The van der Waals surface area contributed by atoms with Crippen LogP contribution in [0, 0.1) is 5.92 Å². The maximum Gasteiger partial charge on any atom is 0.391 e. The van der Waals surface area contributed by atoms with Gasteiger partial charge in [-0.1, -0.05) is 6.42 Å². The second-order valence-corrected chi connectivity index (χ2v) is 4.85. The van der Waals surface area contributed by atoms with Gasteiger partial charge in [0.2, 0.25) is 5.91 Å². The van der Waals surface area contributed by atoms with E-state index in [0.717, 1.165) is 0 Å². The van der Waals surface area contributed by atoms with Gasteiger partial charge in [-0.05, 0) is 26.2 Å². The molecule has 0 spiro atoms. The second kappa shape index (κ2) is 7.19. The fraction of sp³-hybridized carbons (Fsp3) is 0.909. The maximum atomic E-state index is 12.5.